The van der Waals surface area contributed by atoms with Gasteiger partial charge in [0, 0.05) is 32.1 Å². The van der Waals surface area contributed by atoms with Crippen LogP contribution in [0.4, 0.5) is 5.82 Å². The second-order valence-corrected chi connectivity index (χ2v) is 3.84. The molecule has 1 aliphatic heterocycles. The number of aromatic nitrogens is 1. The molecule has 0 saturated carbocycles. The van der Waals surface area contributed by atoms with Crippen molar-refractivity contribution in [2.24, 2.45) is 5.16 Å². The third-order valence-corrected chi connectivity index (χ3v) is 2.71. The highest BCUT2D eigenvalue weighted by Gasteiger charge is 2.16. The molecular formula is C11H15N3O. The zero-order valence-corrected chi connectivity index (χ0v) is 8.85. The van der Waals surface area contributed by atoms with Gasteiger partial charge in [0.25, 0.3) is 0 Å². The predicted molar refractivity (Wildman–Crippen MR) is 59.6 cm³/mol. The Bertz CT molecular complexity index is 366. The molecule has 1 aromatic heterocycles. The first kappa shape index (κ1) is 9.96. The molecule has 0 radical (unpaired) electrons. The van der Waals surface area contributed by atoms with Crippen LogP contribution in [0.2, 0.25) is 0 Å². The van der Waals surface area contributed by atoms with Crippen LogP contribution in [0.25, 0.3) is 0 Å². The summed E-state index contributed by atoms with van der Waals surface area (Å²) < 4.78 is 0. The molecule has 1 aromatic rings. The molecule has 1 saturated heterocycles. The summed E-state index contributed by atoms with van der Waals surface area (Å²) in [5.41, 5.74) is 2.11. The van der Waals surface area contributed by atoms with E-state index in [0.29, 0.717) is 0 Å². The smallest absolute Gasteiger partial charge is 0.128 e. The van der Waals surface area contributed by atoms with Crippen molar-refractivity contribution in [1.29, 1.82) is 0 Å². The summed E-state index contributed by atoms with van der Waals surface area (Å²) in [5, 5.41) is 11.9. The first-order chi connectivity index (χ1) is 7.29. The number of hydrogen-bond donors (Lipinski definition) is 1. The van der Waals surface area contributed by atoms with E-state index in [2.05, 4.69) is 28.0 Å². The minimum Gasteiger partial charge on any atom is -0.411 e. The molecule has 2 heterocycles. The maximum Gasteiger partial charge on any atom is 0.128 e. The van der Waals surface area contributed by atoms with Crippen LogP contribution in [0.1, 0.15) is 18.4 Å². The van der Waals surface area contributed by atoms with Gasteiger partial charge in [-0.2, -0.15) is 0 Å². The molecule has 1 aliphatic rings. The molecular weight excluding hydrogens is 190 g/mol. The second kappa shape index (κ2) is 4.29. The fourth-order valence-corrected chi connectivity index (χ4v) is 1.79. The molecule has 4 heteroatoms. The van der Waals surface area contributed by atoms with Crippen molar-refractivity contribution >= 4 is 11.5 Å². The van der Waals surface area contributed by atoms with Gasteiger partial charge in [-0.25, -0.2) is 4.98 Å². The Morgan fingerprint density at radius 3 is 2.73 bits per heavy atom. The standard InChI is InChI=1S/C11H15N3O/c1-9-2-5-12-11(8-9)14-6-3-10(13-15)4-7-14/h2,5,8,15H,3-4,6-7H2,1H3. The lowest BCUT2D eigenvalue weighted by molar-refractivity contribution is 0.315. The lowest BCUT2D eigenvalue weighted by atomic mass is 10.1. The summed E-state index contributed by atoms with van der Waals surface area (Å²) in [7, 11) is 0. The lowest BCUT2D eigenvalue weighted by Gasteiger charge is -2.28. The van der Waals surface area contributed by atoms with Gasteiger partial charge in [0.1, 0.15) is 5.82 Å². The number of piperidine rings is 1. The van der Waals surface area contributed by atoms with Crippen LogP contribution >= 0.6 is 0 Å². The maximum absolute atomic E-state index is 8.65. The van der Waals surface area contributed by atoms with Crippen LogP contribution in [0.15, 0.2) is 23.5 Å². The molecule has 2 rings (SSSR count). The minimum atomic E-state index is 0.826. The van der Waals surface area contributed by atoms with E-state index in [4.69, 9.17) is 5.21 Å². The Hall–Kier alpha value is -1.58. The van der Waals surface area contributed by atoms with E-state index >= 15 is 0 Å². The summed E-state index contributed by atoms with van der Waals surface area (Å²) in [6.07, 6.45) is 3.48. The van der Waals surface area contributed by atoms with E-state index in [-0.39, 0.29) is 0 Å². The zero-order valence-electron chi connectivity index (χ0n) is 8.85. The monoisotopic (exact) mass is 205 g/mol. The van der Waals surface area contributed by atoms with Crippen LogP contribution in [0.5, 0.6) is 0 Å². The van der Waals surface area contributed by atoms with Crippen molar-refractivity contribution in [3.63, 3.8) is 0 Å². The molecule has 15 heavy (non-hydrogen) atoms. The van der Waals surface area contributed by atoms with E-state index in [1.54, 1.807) is 0 Å². The lowest BCUT2D eigenvalue weighted by Crippen LogP contribution is -2.34. The van der Waals surface area contributed by atoms with Crippen molar-refractivity contribution < 1.29 is 5.21 Å². The number of nitrogens with zero attached hydrogens (tertiary/aromatic N) is 3. The van der Waals surface area contributed by atoms with E-state index in [1.165, 1.54) is 5.56 Å². The molecule has 0 bridgehead atoms. The van der Waals surface area contributed by atoms with Gasteiger partial charge in [0.15, 0.2) is 0 Å². The largest absolute Gasteiger partial charge is 0.411 e. The molecule has 1 N–H and O–H groups in total. The zero-order chi connectivity index (χ0) is 10.7. The van der Waals surface area contributed by atoms with Crippen LogP contribution in [-0.4, -0.2) is 29.0 Å². The summed E-state index contributed by atoms with van der Waals surface area (Å²) in [6, 6.07) is 4.08. The van der Waals surface area contributed by atoms with Gasteiger partial charge >= 0.3 is 0 Å². The summed E-state index contributed by atoms with van der Waals surface area (Å²) in [5.74, 6) is 1.02. The van der Waals surface area contributed by atoms with Crippen molar-refractivity contribution in [2.75, 3.05) is 18.0 Å². The SMILES string of the molecule is Cc1ccnc(N2CCC(=NO)CC2)c1. The summed E-state index contributed by atoms with van der Waals surface area (Å²) >= 11 is 0. The van der Waals surface area contributed by atoms with Gasteiger partial charge in [0.2, 0.25) is 0 Å². The number of anilines is 1. The normalized spacial score (nSPS) is 16.6. The molecule has 0 unspecified atom stereocenters. The Morgan fingerprint density at radius 2 is 2.13 bits per heavy atom. The molecule has 1 fully saturated rings. The summed E-state index contributed by atoms with van der Waals surface area (Å²) in [6.45, 7) is 3.83. The van der Waals surface area contributed by atoms with Crippen LogP contribution in [-0.2, 0) is 0 Å². The molecule has 0 aromatic carbocycles. The Labute approximate surface area is 89.2 Å². The van der Waals surface area contributed by atoms with Gasteiger partial charge < -0.3 is 10.1 Å². The van der Waals surface area contributed by atoms with Gasteiger partial charge in [-0.3, -0.25) is 0 Å². The Kier molecular flexibility index (Phi) is 2.85. The van der Waals surface area contributed by atoms with Crippen LogP contribution < -0.4 is 4.90 Å². The first-order valence-electron chi connectivity index (χ1n) is 5.17. The minimum absolute atomic E-state index is 0.826. The van der Waals surface area contributed by atoms with E-state index in [0.717, 1.165) is 37.5 Å². The number of pyridine rings is 1. The third kappa shape index (κ3) is 2.26. The van der Waals surface area contributed by atoms with Crippen molar-refractivity contribution in [1.82, 2.24) is 4.98 Å². The third-order valence-electron chi connectivity index (χ3n) is 2.71. The second-order valence-electron chi connectivity index (χ2n) is 3.84. The molecule has 4 nitrogen and oxygen atoms in total. The quantitative estimate of drug-likeness (QED) is 0.562. The van der Waals surface area contributed by atoms with Gasteiger partial charge in [0.05, 0.1) is 5.71 Å². The fraction of sp³-hybridized carbons (Fsp3) is 0.455. The van der Waals surface area contributed by atoms with Crippen molar-refractivity contribution in [3.05, 3.63) is 23.9 Å². The van der Waals surface area contributed by atoms with Gasteiger partial charge in [-0.15, -0.1) is 0 Å². The number of aryl methyl sites for hydroxylation is 1. The molecule has 0 aliphatic carbocycles. The van der Waals surface area contributed by atoms with Crippen molar-refractivity contribution in [3.8, 4) is 0 Å². The fourth-order valence-electron chi connectivity index (χ4n) is 1.79. The average molecular weight is 205 g/mol. The van der Waals surface area contributed by atoms with Gasteiger partial charge in [-0.1, -0.05) is 5.16 Å². The molecule has 0 atom stereocenters. The number of rotatable bonds is 1. The number of hydrogen-bond acceptors (Lipinski definition) is 4. The highest BCUT2D eigenvalue weighted by molar-refractivity contribution is 5.86. The molecule has 80 valence electrons. The topological polar surface area (TPSA) is 48.7 Å². The van der Waals surface area contributed by atoms with Crippen LogP contribution in [0.3, 0.4) is 0 Å². The van der Waals surface area contributed by atoms with E-state index < -0.39 is 0 Å². The number of oxime groups is 1. The molecule has 0 amide bonds. The predicted octanol–water partition coefficient (Wildman–Crippen LogP) is 1.82. The highest BCUT2D eigenvalue weighted by Crippen LogP contribution is 2.16. The first-order valence-corrected chi connectivity index (χ1v) is 5.17. The maximum atomic E-state index is 8.65. The Balaban J connectivity index is 2.07. The molecule has 0 spiro atoms. The van der Waals surface area contributed by atoms with E-state index in [1.807, 2.05) is 12.3 Å². The highest BCUT2D eigenvalue weighted by atomic mass is 16.4. The van der Waals surface area contributed by atoms with Crippen molar-refractivity contribution in [2.45, 2.75) is 19.8 Å². The van der Waals surface area contributed by atoms with Gasteiger partial charge in [-0.05, 0) is 24.6 Å². The summed E-state index contributed by atoms with van der Waals surface area (Å²) in [4.78, 5) is 6.56. The van der Waals surface area contributed by atoms with Crippen LogP contribution in [0, 0.1) is 6.92 Å². The van der Waals surface area contributed by atoms with E-state index in [9.17, 15) is 0 Å². The average Bonchev–Trinajstić information content (AvgIpc) is 2.29. The Morgan fingerprint density at radius 1 is 1.40 bits per heavy atom.